The lowest BCUT2D eigenvalue weighted by Crippen LogP contribution is -2.33. The number of fused-ring (bicyclic) bond motifs is 1. The summed E-state index contributed by atoms with van der Waals surface area (Å²) in [4.78, 5) is 19.4. The average Bonchev–Trinajstić information content (AvgIpc) is 2.91. The minimum atomic E-state index is 0.0284. The first-order chi connectivity index (χ1) is 11.6. The molecule has 1 aliphatic heterocycles. The summed E-state index contributed by atoms with van der Waals surface area (Å²) >= 11 is 0. The van der Waals surface area contributed by atoms with Gasteiger partial charge in [-0.2, -0.15) is 0 Å². The molecule has 0 atom stereocenters. The van der Waals surface area contributed by atoms with Crippen LogP contribution in [0.3, 0.4) is 0 Å². The monoisotopic (exact) mass is 324 g/mol. The summed E-state index contributed by atoms with van der Waals surface area (Å²) in [6, 6.07) is 3.84. The Hall–Kier alpha value is -2.40. The molecule has 0 saturated heterocycles. The van der Waals surface area contributed by atoms with E-state index in [1.807, 2.05) is 26.0 Å². The molecule has 3 rings (SSSR count). The van der Waals surface area contributed by atoms with E-state index in [9.17, 15) is 4.79 Å². The Morgan fingerprint density at radius 1 is 1.38 bits per heavy atom. The number of hydrogen-bond donors (Lipinski definition) is 1. The largest absolute Gasteiger partial charge is 0.293 e. The standard InChI is InChI=1S/C19H24N4O/c1-4-6-15(5-2)12-22-10-9-16-17(13-22)21-23(19(16)24)18-8-7-14(3)11-20-18/h4-8,11,21H,9-10,12-13H2,1-3H3/b6-4-,15-5+. The van der Waals surface area contributed by atoms with Crippen molar-refractivity contribution >= 4 is 0 Å². The van der Waals surface area contributed by atoms with Crippen LogP contribution >= 0.6 is 0 Å². The predicted octanol–water partition coefficient (Wildman–Crippen LogP) is 2.75. The first-order valence-electron chi connectivity index (χ1n) is 8.38. The van der Waals surface area contributed by atoms with Crippen molar-refractivity contribution < 1.29 is 0 Å². The number of rotatable bonds is 4. The normalized spacial score (nSPS) is 15.9. The summed E-state index contributed by atoms with van der Waals surface area (Å²) in [5, 5.41) is 3.25. The van der Waals surface area contributed by atoms with E-state index < -0.39 is 0 Å². The maximum atomic E-state index is 12.6. The highest BCUT2D eigenvalue weighted by atomic mass is 16.1. The molecule has 126 valence electrons. The fourth-order valence-electron chi connectivity index (χ4n) is 3.08. The minimum absolute atomic E-state index is 0.0284. The van der Waals surface area contributed by atoms with E-state index in [0.29, 0.717) is 5.82 Å². The third-order valence-corrected chi connectivity index (χ3v) is 4.41. The van der Waals surface area contributed by atoms with Gasteiger partial charge in [0.25, 0.3) is 5.56 Å². The molecule has 3 heterocycles. The van der Waals surface area contributed by atoms with Gasteiger partial charge in [0.15, 0.2) is 5.82 Å². The molecule has 0 bridgehead atoms. The SMILES string of the molecule is C/C=C\C(=C/C)CN1CCc2c([nH]n(-c3ccc(C)cn3)c2=O)C1. The van der Waals surface area contributed by atoms with Crippen LogP contribution in [0.15, 0.2) is 46.9 Å². The highest BCUT2D eigenvalue weighted by molar-refractivity contribution is 5.30. The lowest BCUT2D eigenvalue weighted by Gasteiger charge is -2.26. The zero-order valence-electron chi connectivity index (χ0n) is 14.5. The molecule has 0 aromatic carbocycles. The second-order valence-electron chi connectivity index (χ2n) is 6.23. The summed E-state index contributed by atoms with van der Waals surface area (Å²) in [6.45, 7) is 8.64. The van der Waals surface area contributed by atoms with Gasteiger partial charge in [0.1, 0.15) is 0 Å². The van der Waals surface area contributed by atoms with Crippen LogP contribution in [0.1, 0.15) is 30.7 Å². The van der Waals surface area contributed by atoms with Gasteiger partial charge in [-0.15, -0.1) is 0 Å². The average molecular weight is 324 g/mol. The molecule has 1 aliphatic rings. The van der Waals surface area contributed by atoms with Crippen LogP contribution in [0.2, 0.25) is 0 Å². The molecule has 24 heavy (non-hydrogen) atoms. The smallest absolute Gasteiger partial charge is 0.276 e. The molecule has 0 fully saturated rings. The Bertz CT molecular complexity index is 824. The Morgan fingerprint density at radius 3 is 2.88 bits per heavy atom. The van der Waals surface area contributed by atoms with Crippen LogP contribution in [-0.4, -0.2) is 32.8 Å². The molecule has 0 aliphatic carbocycles. The fraction of sp³-hybridized carbons (Fsp3) is 0.368. The van der Waals surface area contributed by atoms with Gasteiger partial charge in [-0.25, -0.2) is 9.67 Å². The van der Waals surface area contributed by atoms with Gasteiger partial charge in [0.2, 0.25) is 0 Å². The molecule has 5 heteroatoms. The van der Waals surface area contributed by atoms with Crippen molar-refractivity contribution in [2.45, 2.75) is 33.7 Å². The van der Waals surface area contributed by atoms with Gasteiger partial charge < -0.3 is 0 Å². The molecule has 0 radical (unpaired) electrons. The van der Waals surface area contributed by atoms with Gasteiger partial charge >= 0.3 is 0 Å². The summed E-state index contributed by atoms with van der Waals surface area (Å²) in [7, 11) is 0. The molecular weight excluding hydrogens is 300 g/mol. The van der Waals surface area contributed by atoms with Crippen molar-refractivity contribution in [1.29, 1.82) is 0 Å². The van der Waals surface area contributed by atoms with E-state index in [1.54, 1.807) is 10.9 Å². The quantitative estimate of drug-likeness (QED) is 0.880. The molecule has 2 aromatic heterocycles. The van der Waals surface area contributed by atoms with E-state index in [1.165, 1.54) is 5.57 Å². The van der Waals surface area contributed by atoms with E-state index >= 15 is 0 Å². The number of hydrogen-bond acceptors (Lipinski definition) is 3. The van der Waals surface area contributed by atoms with Gasteiger partial charge in [-0.05, 0) is 44.4 Å². The van der Waals surface area contributed by atoms with Crippen molar-refractivity contribution in [2.75, 3.05) is 13.1 Å². The van der Waals surface area contributed by atoms with E-state index in [2.05, 4.69) is 40.1 Å². The highest BCUT2D eigenvalue weighted by Gasteiger charge is 2.23. The van der Waals surface area contributed by atoms with Crippen LogP contribution in [0.5, 0.6) is 0 Å². The zero-order chi connectivity index (χ0) is 17.1. The van der Waals surface area contributed by atoms with Crippen LogP contribution in [-0.2, 0) is 13.0 Å². The van der Waals surface area contributed by atoms with Crippen LogP contribution in [0.4, 0.5) is 0 Å². The van der Waals surface area contributed by atoms with E-state index in [-0.39, 0.29) is 5.56 Å². The molecule has 0 amide bonds. The van der Waals surface area contributed by atoms with Crippen LogP contribution in [0.25, 0.3) is 5.82 Å². The summed E-state index contributed by atoms with van der Waals surface area (Å²) < 4.78 is 1.57. The predicted molar refractivity (Wildman–Crippen MR) is 96.5 cm³/mol. The first kappa shape index (κ1) is 16.5. The van der Waals surface area contributed by atoms with Crippen LogP contribution in [0, 0.1) is 6.92 Å². The number of nitrogens with one attached hydrogen (secondary N) is 1. The zero-order valence-corrected chi connectivity index (χ0v) is 14.5. The second kappa shape index (κ2) is 7.01. The number of aromatic amines is 1. The van der Waals surface area contributed by atoms with Crippen molar-refractivity contribution in [1.82, 2.24) is 19.7 Å². The fourth-order valence-corrected chi connectivity index (χ4v) is 3.08. The topological polar surface area (TPSA) is 53.9 Å². The number of pyridine rings is 1. The maximum absolute atomic E-state index is 12.6. The molecule has 0 saturated carbocycles. The van der Waals surface area contributed by atoms with Gasteiger partial charge in [-0.3, -0.25) is 14.8 Å². The van der Waals surface area contributed by atoms with Gasteiger partial charge in [0.05, 0.1) is 5.69 Å². The lowest BCUT2D eigenvalue weighted by atomic mass is 10.1. The van der Waals surface area contributed by atoms with Crippen molar-refractivity contribution in [3.05, 3.63) is 69.3 Å². The summed E-state index contributed by atoms with van der Waals surface area (Å²) in [5.74, 6) is 0.648. The Labute approximate surface area is 142 Å². The van der Waals surface area contributed by atoms with Crippen molar-refractivity contribution in [2.24, 2.45) is 0 Å². The molecule has 5 nitrogen and oxygen atoms in total. The third kappa shape index (κ3) is 3.26. The number of aryl methyl sites for hydroxylation is 1. The lowest BCUT2D eigenvalue weighted by molar-refractivity contribution is 0.273. The Kier molecular flexibility index (Phi) is 4.81. The van der Waals surface area contributed by atoms with E-state index in [0.717, 1.165) is 42.9 Å². The number of aromatic nitrogens is 3. The maximum Gasteiger partial charge on any atom is 0.276 e. The van der Waals surface area contributed by atoms with Gasteiger partial charge in [0, 0.05) is 31.4 Å². The summed E-state index contributed by atoms with van der Waals surface area (Å²) in [5.41, 5.74) is 4.30. The number of H-pyrrole nitrogens is 1. The van der Waals surface area contributed by atoms with Crippen molar-refractivity contribution in [3.8, 4) is 5.82 Å². The molecule has 2 aromatic rings. The third-order valence-electron chi connectivity index (χ3n) is 4.41. The number of nitrogens with zero attached hydrogens (tertiary/aromatic N) is 3. The summed E-state index contributed by atoms with van der Waals surface area (Å²) in [6.07, 6.45) is 8.89. The molecule has 0 spiro atoms. The van der Waals surface area contributed by atoms with E-state index in [4.69, 9.17) is 0 Å². The van der Waals surface area contributed by atoms with Gasteiger partial charge in [-0.1, -0.05) is 24.3 Å². The first-order valence-corrected chi connectivity index (χ1v) is 8.38. The number of allylic oxidation sites excluding steroid dienone is 2. The molecule has 1 N–H and O–H groups in total. The Balaban J connectivity index is 1.84. The molecule has 0 unspecified atom stereocenters. The highest BCUT2D eigenvalue weighted by Crippen LogP contribution is 2.17. The second-order valence-corrected chi connectivity index (χ2v) is 6.23. The van der Waals surface area contributed by atoms with Crippen LogP contribution < -0.4 is 5.56 Å². The minimum Gasteiger partial charge on any atom is -0.293 e. The van der Waals surface area contributed by atoms with Crippen molar-refractivity contribution in [3.63, 3.8) is 0 Å². The molecular formula is C19H24N4O. The Morgan fingerprint density at radius 2 is 2.21 bits per heavy atom.